The van der Waals surface area contributed by atoms with Crippen molar-refractivity contribution in [2.75, 3.05) is 19.8 Å². The van der Waals surface area contributed by atoms with Crippen LogP contribution in [0.3, 0.4) is 0 Å². The summed E-state index contributed by atoms with van der Waals surface area (Å²) in [6.45, 7) is 3.24. The van der Waals surface area contributed by atoms with E-state index in [9.17, 15) is 4.79 Å². The topological polar surface area (TPSA) is 58.6 Å². The van der Waals surface area contributed by atoms with Crippen LogP contribution in [-0.2, 0) is 9.53 Å². The number of rotatable bonds is 4. The smallest absolute Gasteiger partial charge is 0.225 e. The molecular weight excluding hydrogens is 182 g/mol. The molecule has 0 bridgehead atoms. The Morgan fingerprint density at radius 3 is 3.00 bits per heavy atom. The van der Waals surface area contributed by atoms with Crippen molar-refractivity contribution in [3.63, 3.8) is 0 Å². The molecule has 1 aliphatic heterocycles. The third kappa shape index (κ3) is 3.27. The molecule has 0 aromatic rings. The first-order valence-electron chi connectivity index (χ1n) is 5.27. The SMILES string of the molecule is CC[C@@H](CO)NC(=O)C1CCCOC1. The zero-order valence-corrected chi connectivity index (χ0v) is 8.66. The van der Waals surface area contributed by atoms with Gasteiger partial charge >= 0.3 is 0 Å². The third-order valence-corrected chi connectivity index (χ3v) is 2.59. The lowest BCUT2D eigenvalue weighted by molar-refractivity contribution is -0.130. The quantitative estimate of drug-likeness (QED) is 0.687. The Morgan fingerprint density at radius 1 is 1.71 bits per heavy atom. The van der Waals surface area contributed by atoms with E-state index in [1.54, 1.807) is 0 Å². The van der Waals surface area contributed by atoms with Gasteiger partial charge in [-0.15, -0.1) is 0 Å². The zero-order chi connectivity index (χ0) is 10.4. The van der Waals surface area contributed by atoms with Gasteiger partial charge in [-0.1, -0.05) is 6.92 Å². The summed E-state index contributed by atoms with van der Waals surface area (Å²) in [5.41, 5.74) is 0. The van der Waals surface area contributed by atoms with Crippen LogP contribution in [0.15, 0.2) is 0 Å². The van der Waals surface area contributed by atoms with Crippen LogP contribution in [0, 0.1) is 5.92 Å². The molecule has 14 heavy (non-hydrogen) atoms. The van der Waals surface area contributed by atoms with E-state index in [-0.39, 0.29) is 24.5 Å². The molecule has 1 fully saturated rings. The van der Waals surface area contributed by atoms with Gasteiger partial charge in [0, 0.05) is 6.61 Å². The third-order valence-electron chi connectivity index (χ3n) is 2.59. The molecule has 4 heteroatoms. The van der Waals surface area contributed by atoms with Gasteiger partial charge in [0.05, 0.1) is 25.2 Å². The fourth-order valence-electron chi connectivity index (χ4n) is 1.54. The van der Waals surface area contributed by atoms with E-state index in [0.717, 1.165) is 25.9 Å². The molecule has 0 aromatic heterocycles. The Bertz CT molecular complexity index is 174. The van der Waals surface area contributed by atoms with E-state index in [2.05, 4.69) is 5.32 Å². The van der Waals surface area contributed by atoms with Crippen LogP contribution in [0.2, 0.25) is 0 Å². The van der Waals surface area contributed by atoms with Gasteiger partial charge in [0.2, 0.25) is 5.91 Å². The van der Waals surface area contributed by atoms with Crippen molar-refractivity contribution in [1.82, 2.24) is 5.32 Å². The Labute approximate surface area is 84.6 Å². The highest BCUT2D eigenvalue weighted by Crippen LogP contribution is 2.13. The molecule has 1 rings (SSSR count). The normalized spacial score (nSPS) is 24.3. The van der Waals surface area contributed by atoms with Gasteiger partial charge in [-0.3, -0.25) is 4.79 Å². The summed E-state index contributed by atoms with van der Waals surface area (Å²) >= 11 is 0. The van der Waals surface area contributed by atoms with Crippen molar-refractivity contribution >= 4 is 5.91 Å². The van der Waals surface area contributed by atoms with Gasteiger partial charge in [-0.25, -0.2) is 0 Å². The Hall–Kier alpha value is -0.610. The molecule has 0 radical (unpaired) electrons. The molecule has 1 aliphatic rings. The molecular formula is C10H19NO3. The summed E-state index contributed by atoms with van der Waals surface area (Å²) in [5, 5.41) is 11.7. The highest BCUT2D eigenvalue weighted by atomic mass is 16.5. The number of ether oxygens (including phenoxy) is 1. The number of hydrogen-bond acceptors (Lipinski definition) is 3. The summed E-state index contributed by atoms with van der Waals surface area (Å²) in [6.07, 6.45) is 2.61. The van der Waals surface area contributed by atoms with E-state index in [1.165, 1.54) is 0 Å². The van der Waals surface area contributed by atoms with Gasteiger partial charge in [-0.2, -0.15) is 0 Å². The van der Waals surface area contributed by atoms with Gasteiger partial charge in [0.1, 0.15) is 0 Å². The number of carbonyl (C=O) groups excluding carboxylic acids is 1. The van der Waals surface area contributed by atoms with Crippen molar-refractivity contribution in [1.29, 1.82) is 0 Å². The number of aliphatic hydroxyl groups excluding tert-OH is 1. The molecule has 0 aromatic carbocycles. The largest absolute Gasteiger partial charge is 0.394 e. The lowest BCUT2D eigenvalue weighted by Gasteiger charge is -2.23. The maximum Gasteiger partial charge on any atom is 0.225 e. The summed E-state index contributed by atoms with van der Waals surface area (Å²) in [6, 6.07) is -0.107. The van der Waals surface area contributed by atoms with E-state index < -0.39 is 0 Å². The van der Waals surface area contributed by atoms with Crippen LogP contribution in [0.1, 0.15) is 26.2 Å². The Kier molecular flexibility index (Phi) is 4.90. The fourth-order valence-corrected chi connectivity index (χ4v) is 1.54. The first-order valence-corrected chi connectivity index (χ1v) is 5.27. The van der Waals surface area contributed by atoms with E-state index in [1.807, 2.05) is 6.92 Å². The molecule has 1 amide bonds. The van der Waals surface area contributed by atoms with E-state index in [0.29, 0.717) is 6.61 Å². The van der Waals surface area contributed by atoms with Crippen molar-refractivity contribution in [3.8, 4) is 0 Å². The minimum Gasteiger partial charge on any atom is -0.394 e. The summed E-state index contributed by atoms with van der Waals surface area (Å²) in [4.78, 5) is 11.6. The fraction of sp³-hybridized carbons (Fsp3) is 0.900. The van der Waals surface area contributed by atoms with E-state index in [4.69, 9.17) is 9.84 Å². The molecule has 0 saturated carbocycles. The second-order valence-corrected chi connectivity index (χ2v) is 3.71. The van der Waals surface area contributed by atoms with Crippen LogP contribution in [0.25, 0.3) is 0 Å². The van der Waals surface area contributed by atoms with Crippen LogP contribution in [0.4, 0.5) is 0 Å². The highest BCUT2D eigenvalue weighted by Gasteiger charge is 2.23. The monoisotopic (exact) mass is 201 g/mol. The summed E-state index contributed by atoms with van der Waals surface area (Å²) < 4.78 is 5.23. The molecule has 2 atom stereocenters. The lowest BCUT2D eigenvalue weighted by Crippen LogP contribution is -2.42. The average molecular weight is 201 g/mol. The number of aliphatic hydroxyl groups is 1. The van der Waals surface area contributed by atoms with Crippen molar-refractivity contribution in [3.05, 3.63) is 0 Å². The molecule has 0 aliphatic carbocycles. The molecule has 4 nitrogen and oxygen atoms in total. The molecule has 0 spiro atoms. The molecule has 2 N–H and O–H groups in total. The predicted octanol–water partition coefficient (Wildman–Crippen LogP) is 0.300. The van der Waals surface area contributed by atoms with Gasteiger partial charge < -0.3 is 15.2 Å². The summed E-state index contributed by atoms with van der Waals surface area (Å²) in [5.74, 6) is -0.00468. The Balaban J connectivity index is 2.32. The Morgan fingerprint density at radius 2 is 2.50 bits per heavy atom. The maximum absolute atomic E-state index is 11.6. The highest BCUT2D eigenvalue weighted by molar-refractivity contribution is 5.79. The van der Waals surface area contributed by atoms with Gasteiger partial charge in [0.15, 0.2) is 0 Å². The number of amides is 1. The lowest BCUT2D eigenvalue weighted by atomic mass is 10.0. The standard InChI is InChI=1S/C10H19NO3/c1-2-9(6-12)11-10(13)8-4-3-5-14-7-8/h8-9,12H,2-7H2,1H3,(H,11,13)/t8?,9-/m0/s1. The first kappa shape index (κ1) is 11.5. The molecule has 82 valence electrons. The van der Waals surface area contributed by atoms with Crippen molar-refractivity contribution in [2.24, 2.45) is 5.92 Å². The van der Waals surface area contributed by atoms with Gasteiger partial charge in [0.25, 0.3) is 0 Å². The molecule has 1 heterocycles. The second kappa shape index (κ2) is 5.98. The van der Waals surface area contributed by atoms with Gasteiger partial charge in [-0.05, 0) is 19.3 Å². The van der Waals surface area contributed by atoms with Crippen molar-refractivity contribution < 1.29 is 14.6 Å². The van der Waals surface area contributed by atoms with E-state index >= 15 is 0 Å². The maximum atomic E-state index is 11.6. The van der Waals surface area contributed by atoms with Crippen LogP contribution >= 0.6 is 0 Å². The molecule has 1 saturated heterocycles. The second-order valence-electron chi connectivity index (χ2n) is 3.71. The van der Waals surface area contributed by atoms with Crippen LogP contribution in [-0.4, -0.2) is 36.9 Å². The minimum atomic E-state index is -0.107. The van der Waals surface area contributed by atoms with Crippen LogP contribution < -0.4 is 5.32 Å². The summed E-state index contributed by atoms with van der Waals surface area (Å²) in [7, 11) is 0. The molecule has 1 unspecified atom stereocenters. The predicted molar refractivity (Wildman–Crippen MR) is 52.9 cm³/mol. The average Bonchev–Trinajstić information content (AvgIpc) is 2.26. The minimum absolute atomic E-state index is 0.00974. The number of hydrogen-bond donors (Lipinski definition) is 2. The number of carbonyl (C=O) groups is 1. The zero-order valence-electron chi connectivity index (χ0n) is 8.66. The first-order chi connectivity index (χ1) is 6.77. The van der Waals surface area contributed by atoms with Crippen molar-refractivity contribution in [2.45, 2.75) is 32.2 Å². The van der Waals surface area contributed by atoms with Crippen LogP contribution in [0.5, 0.6) is 0 Å². The number of nitrogens with one attached hydrogen (secondary N) is 1.